The van der Waals surface area contributed by atoms with Crippen LogP contribution in [0.25, 0.3) is 0 Å². The maximum absolute atomic E-state index is 5.25. The lowest BCUT2D eigenvalue weighted by Gasteiger charge is -2.27. The Morgan fingerprint density at radius 3 is 1.23 bits per heavy atom. The largest absolute Gasteiger partial charge is 0.274 e. The Morgan fingerprint density at radius 1 is 0.545 bits per heavy atom. The molecule has 2 heteroatoms. The van der Waals surface area contributed by atoms with Gasteiger partial charge >= 0.3 is 0 Å². The van der Waals surface area contributed by atoms with Crippen molar-refractivity contribution in [2.45, 2.75) is 36.8 Å². The zero-order valence-electron chi connectivity index (χ0n) is 12.5. The summed E-state index contributed by atoms with van der Waals surface area (Å²) in [7, 11) is 0. The van der Waals surface area contributed by atoms with E-state index in [1.165, 1.54) is 22.6 Å². The fourth-order valence-corrected chi connectivity index (χ4v) is 3.53. The molecule has 2 nitrogen and oxygen atoms in total. The maximum atomic E-state index is 5.25. The molecule has 2 aromatic carbocycles. The van der Waals surface area contributed by atoms with E-state index in [0.29, 0.717) is 0 Å². The Morgan fingerprint density at radius 2 is 0.909 bits per heavy atom. The molecule has 0 saturated heterocycles. The SMILES string of the molecule is c1ccc(C2=NC3(CC3)C(c3ccccc3)=NC23CC3)cc1. The normalized spacial score (nSPS) is 23.1. The lowest BCUT2D eigenvalue weighted by molar-refractivity contribution is 0.790. The van der Waals surface area contributed by atoms with Gasteiger partial charge in [-0.3, -0.25) is 9.98 Å². The highest BCUT2D eigenvalue weighted by molar-refractivity contribution is 6.19. The molecule has 0 radical (unpaired) electrons. The van der Waals surface area contributed by atoms with E-state index in [1.807, 2.05) is 0 Å². The molecule has 1 heterocycles. The lowest BCUT2D eigenvalue weighted by Crippen LogP contribution is -2.36. The number of hydrogen-bond acceptors (Lipinski definition) is 2. The summed E-state index contributed by atoms with van der Waals surface area (Å²) in [5.74, 6) is 0. The summed E-state index contributed by atoms with van der Waals surface area (Å²) in [6.45, 7) is 0. The summed E-state index contributed by atoms with van der Waals surface area (Å²) in [4.78, 5) is 10.5. The van der Waals surface area contributed by atoms with Gasteiger partial charge in [-0.1, -0.05) is 60.7 Å². The summed E-state index contributed by atoms with van der Waals surface area (Å²) in [6.07, 6.45) is 4.53. The van der Waals surface area contributed by atoms with Crippen LogP contribution in [-0.2, 0) is 0 Å². The number of nitrogens with zero attached hydrogens (tertiary/aromatic N) is 2. The van der Waals surface area contributed by atoms with Gasteiger partial charge in [-0.05, 0) is 36.8 Å². The predicted molar refractivity (Wildman–Crippen MR) is 89.9 cm³/mol. The van der Waals surface area contributed by atoms with Crippen LogP contribution in [0.5, 0.6) is 0 Å². The van der Waals surface area contributed by atoms with Crippen LogP contribution < -0.4 is 0 Å². The second-order valence-electron chi connectivity index (χ2n) is 6.72. The Labute approximate surface area is 130 Å². The van der Waals surface area contributed by atoms with Crippen LogP contribution in [0.3, 0.4) is 0 Å². The first-order valence-electron chi connectivity index (χ1n) is 8.13. The van der Waals surface area contributed by atoms with Crippen molar-refractivity contribution in [3.63, 3.8) is 0 Å². The molecule has 0 unspecified atom stereocenters. The first-order valence-corrected chi connectivity index (χ1v) is 8.13. The molecule has 0 aromatic heterocycles. The van der Waals surface area contributed by atoms with Crippen molar-refractivity contribution in [2.75, 3.05) is 0 Å². The van der Waals surface area contributed by atoms with E-state index in [0.717, 1.165) is 25.7 Å². The lowest BCUT2D eigenvalue weighted by atomic mass is 9.93. The third kappa shape index (κ3) is 1.73. The van der Waals surface area contributed by atoms with Gasteiger partial charge in [-0.15, -0.1) is 0 Å². The fraction of sp³-hybridized carbons (Fsp3) is 0.300. The second kappa shape index (κ2) is 4.16. The highest BCUT2D eigenvalue weighted by Crippen LogP contribution is 2.53. The average Bonchev–Trinajstić information content (AvgIpc) is 3.49. The van der Waals surface area contributed by atoms with Crippen molar-refractivity contribution in [3.8, 4) is 0 Å². The van der Waals surface area contributed by atoms with E-state index >= 15 is 0 Å². The molecule has 108 valence electrons. The molecular weight excluding hydrogens is 268 g/mol. The molecule has 2 spiro atoms. The highest BCUT2D eigenvalue weighted by Gasteiger charge is 2.58. The minimum atomic E-state index is -0.0413. The van der Waals surface area contributed by atoms with Crippen LogP contribution in [0.1, 0.15) is 36.8 Å². The Kier molecular flexibility index (Phi) is 2.33. The van der Waals surface area contributed by atoms with E-state index in [1.54, 1.807) is 0 Å². The molecule has 22 heavy (non-hydrogen) atoms. The molecule has 0 N–H and O–H groups in total. The van der Waals surface area contributed by atoms with Crippen molar-refractivity contribution >= 4 is 11.4 Å². The fourth-order valence-electron chi connectivity index (χ4n) is 3.53. The number of rotatable bonds is 2. The Hall–Kier alpha value is -2.22. The molecule has 0 atom stereocenters. The predicted octanol–water partition coefficient (Wildman–Crippen LogP) is 4.04. The van der Waals surface area contributed by atoms with E-state index in [2.05, 4.69) is 60.7 Å². The summed E-state index contributed by atoms with van der Waals surface area (Å²) in [5.41, 5.74) is 4.88. The van der Waals surface area contributed by atoms with Gasteiger partial charge in [0.1, 0.15) is 11.1 Å². The van der Waals surface area contributed by atoms with Gasteiger partial charge < -0.3 is 0 Å². The molecule has 1 aliphatic heterocycles. The summed E-state index contributed by atoms with van der Waals surface area (Å²) in [5, 5.41) is 0. The van der Waals surface area contributed by atoms with E-state index in [-0.39, 0.29) is 11.1 Å². The van der Waals surface area contributed by atoms with Gasteiger partial charge in [0, 0.05) is 0 Å². The number of aliphatic imine (C=N–C) groups is 2. The van der Waals surface area contributed by atoms with E-state index < -0.39 is 0 Å². The molecule has 0 bridgehead atoms. The van der Waals surface area contributed by atoms with Crippen molar-refractivity contribution in [3.05, 3.63) is 71.8 Å². The third-order valence-corrected chi connectivity index (χ3v) is 5.07. The Balaban J connectivity index is 1.65. The van der Waals surface area contributed by atoms with E-state index in [4.69, 9.17) is 9.98 Å². The van der Waals surface area contributed by atoms with Crippen molar-refractivity contribution in [1.29, 1.82) is 0 Å². The summed E-state index contributed by atoms with van der Waals surface area (Å²) < 4.78 is 0. The first kappa shape index (κ1) is 12.3. The van der Waals surface area contributed by atoms with Crippen LogP contribution in [0.15, 0.2) is 70.6 Å². The standard InChI is InChI=1S/C20H18N2/c1-3-7-15(8-4-1)17-19(11-12-19)22-18(20(21-17)13-14-20)16-9-5-2-6-10-16/h1-10H,11-14H2. The summed E-state index contributed by atoms with van der Waals surface area (Å²) >= 11 is 0. The van der Waals surface area contributed by atoms with Crippen LogP contribution in [0.2, 0.25) is 0 Å². The maximum Gasteiger partial charge on any atom is 0.103 e. The van der Waals surface area contributed by atoms with E-state index in [9.17, 15) is 0 Å². The summed E-state index contributed by atoms with van der Waals surface area (Å²) in [6, 6.07) is 21.3. The van der Waals surface area contributed by atoms with Gasteiger partial charge in [0.05, 0.1) is 11.4 Å². The average molecular weight is 286 g/mol. The molecule has 2 saturated carbocycles. The molecule has 0 amide bonds. The van der Waals surface area contributed by atoms with Crippen LogP contribution in [0, 0.1) is 0 Å². The topological polar surface area (TPSA) is 24.7 Å². The van der Waals surface area contributed by atoms with Gasteiger partial charge in [0.25, 0.3) is 0 Å². The Bertz CT molecular complexity index is 709. The third-order valence-electron chi connectivity index (χ3n) is 5.07. The van der Waals surface area contributed by atoms with Crippen LogP contribution in [-0.4, -0.2) is 22.5 Å². The van der Waals surface area contributed by atoms with Gasteiger partial charge in [-0.2, -0.15) is 0 Å². The molecule has 3 aliphatic rings. The van der Waals surface area contributed by atoms with Crippen LogP contribution >= 0.6 is 0 Å². The monoisotopic (exact) mass is 286 g/mol. The van der Waals surface area contributed by atoms with Gasteiger partial charge in [0.15, 0.2) is 0 Å². The quantitative estimate of drug-likeness (QED) is 0.796. The molecule has 2 aromatic rings. The van der Waals surface area contributed by atoms with Crippen LogP contribution in [0.4, 0.5) is 0 Å². The highest BCUT2D eigenvalue weighted by atomic mass is 15.1. The number of hydrogen-bond donors (Lipinski definition) is 0. The van der Waals surface area contributed by atoms with Gasteiger partial charge in [0.2, 0.25) is 0 Å². The zero-order valence-corrected chi connectivity index (χ0v) is 12.5. The minimum Gasteiger partial charge on any atom is -0.274 e. The van der Waals surface area contributed by atoms with Gasteiger partial charge in [-0.25, -0.2) is 0 Å². The second-order valence-corrected chi connectivity index (χ2v) is 6.72. The molecule has 5 rings (SSSR count). The number of benzene rings is 2. The van der Waals surface area contributed by atoms with Crippen molar-refractivity contribution in [2.24, 2.45) is 9.98 Å². The molecule has 2 fully saturated rings. The van der Waals surface area contributed by atoms with Crippen molar-refractivity contribution in [1.82, 2.24) is 0 Å². The van der Waals surface area contributed by atoms with Crippen molar-refractivity contribution < 1.29 is 0 Å². The smallest absolute Gasteiger partial charge is 0.103 e. The zero-order chi connectivity index (χ0) is 14.6. The molecular formula is C20H18N2. The molecule has 2 aliphatic carbocycles. The minimum absolute atomic E-state index is 0.0413. The first-order chi connectivity index (χ1) is 10.8.